The lowest BCUT2D eigenvalue weighted by Crippen LogP contribution is -2.27. The Morgan fingerprint density at radius 2 is 1.88 bits per heavy atom. The van der Waals surface area contributed by atoms with Crippen molar-refractivity contribution in [2.45, 2.75) is 40.0 Å². The Balaban J connectivity index is 2.58. The maximum absolute atomic E-state index is 13.3. The number of aryl methyl sites for hydroxylation is 1. The van der Waals surface area contributed by atoms with Crippen LogP contribution in [0.4, 0.5) is 13.2 Å². The van der Waals surface area contributed by atoms with Gasteiger partial charge in [-0.15, -0.1) is 0 Å². The molecule has 0 fully saturated rings. The molecule has 0 saturated carbocycles. The van der Waals surface area contributed by atoms with Gasteiger partial charge >= 0.3 is 12.1 Å². The molecule has 0 unspecified atom stereocenters. The van der Waals surface area contributed by atoms with E-state index in [9.17, 15) is 18.0 Å². The van der Waals surface area contributed by atoms with Crippen molar-refractivity contribution in [2.75, 3.05) is 0 Å². The van der Waals surface area contributed by atoms with Crippen LogP contribution in [-0.2, 0) is 22.7 Å². The molecule has 2 rings (SSSR count). The highest BCUT2D eigenvalue weighted by Gasteiger charge is 2.40. The van der Waals surface area contributed by atoms with E-state index in [4.69, 9.17) is 0 Å². The average molecular weight is 341 g/mol. The lowest BCUT2D eigenvalue weighted by Gasteiger charge is -2.15. The first-order chi connectivity index (χ1) is 11.3. The Bertz CT molecular complexity index is 757. The second-order valence-electron chi connectivity index (χ2n) is 5.05. The van der Waals surface area contributed by atoms with Crippen molar-refractivity contribution in [3.63, 3.8) is 0 Å². The Hall–Kier alpha value is -2.51. The maximum atomic E-state index is 13.3. The molecule has 0 aromatic carbocycles. The summed E-state index contributed by atoms with van der Waals surface area (Å²) < 4.78 is 43.4. The van der Waals surface area contributed by atoms with Crippen molar-refractivity contribution in [2.24, 2.45) is 5.16 Å². The number of halogens is 3. The van der Waals surface area contributed by atoms with Gasteiger partial charge in [0.2, 0.25) is 5.71 Å². The van der Waals surface area contributed by atoms with Crippen LogP contribution in [0.1, 0.15) is 26.5 Å². The first-order valence-electron chi connectivity index (χ1n) is 7.47. The number of carbonyl (C=O) groups excluding carboxylic acids is 1. The van der Waals surface area contributed by atoms with Gasteiger partial charge in [0.05, 0.1) is 17.1 Å². The quantitative estimate of drug-likeness (QED) is 0.471. The van der Waals surface area contributed by atoms with E-state index in [0.29, 0.717) is 18.8 Å². The van der Waals surface area contributed by atoms with Crippen molar-refractivity contribution in [1.29, 1.82) is 0 Å². The molecule has 0 aliphatic rings. The third-order valence-corrected chi connectivity index (χ3v) is 3.51. The summed E-state index contributed by atoms with van der Waals surface area (Å²) in [6.45, 7) is 5.69. The number of nitrogens with zero attached hydrogens (tertiary/aromatic N) is 3. The summed E-state index contributed by atoms with van der Waals surface area (Å²) in [6, 6.07) is 6.62. The lowest BCUT2D eigenvalue weighted by atomic mass is 10.2. The molecule has 0 spiro atoms. The van der Waals surface area contributed by atoms with E-state index in [0.717, 1.165) is 12.6 Å². The molecule has 0 aliphatic carbocycles. The summed E-state index contributed by atoms with van der Waals surface area (Å²) in [5.41, 5.74) is 0.0595. The van der Waals surface area contributed by atoms with E-state index >= 15 is 0 Å². The van der Waals surface area contributed by atoms with Crippen LogP contribution in [0.25, 0.3) is 11.4 Å². The fourth-order valence-corrected chi connectivity index (χ4v) is 2.51. The van der Waals surface area contributed by atoms with Gasteiger partial charge in [-0.3, -0.25) is 0 Å². The van der Waals surface area contributed by atoms with Crippen molar-refractivity contribution in [3.8, 4) is 11.4 Å². The summed E-state index contributed by atoms with van der Waals surface area (Å²) in [5.74, 6) is -0.911. The summed E-state index contributed by atoms with van der Waals surface area (Å²) in [5, 5.41) is 3.03. The molecule has 2 aromatic heterocycles. The van der Waals surface area contributed by atoms with Crippen LogP contribution in [0.15, 0.2) is 35.6 Å². The van der Waals surface area contributed by atoms with Gasteiger partial charge in [0.25, 0.3) is 0 Å². The zero-order chi connectivity index (χ0) is 17.9. The van der Waals surface area contributed by atoms with Crippen LogP contribution >= 0.6 is 0 Å². The van der Waals surface area contributed by atoms with E-state index in [1.807, 2.05) is 29.8 Å². The second-order valence-corrected chi connectivity index (χ2v) is 5.05. The second kappa shape index (κ2) is 6.94. The first kappa shape index (κ1) is 17.8. The molecule has 0 radical (unpaired) electrons. The summed E-state index contributed by atoms with van der Waals surface area (Å²) in [6.07, 6.45) is -2.88. The Morgan fingerprint density at radius 1 is 1.17 bits per heavy atom. The van der Waals surface area contributed by atoms with Crippen LogP contribution in [0.2, 0.25) is 0 Å². The molecule has 0 atom stereocenters. The van der Waals surface area contributed by atoms with Crippen LogP contribution in [-0.4, -0.2) is 27.0 Å². The fourth-order valence-electron chi connectivity index (χ4n) is 2.51. The molecule has 24 heavy (non-hydrogen) atoms. The normalized spacial score (nSPS) is 12.5. The molecule has 0 amide bonds. The minimum absolute atomic E-state index is 0.148. The predicted molar refractivity (Wildman–Crippen MR) is 83.6 cm³/mol. The Labute approximate surface area is 137 Å². The summed E-state index contributed by atoms with van der Waals surface area (Å²) in [4.78, 5) is 15.1. The smallest absolute Gasteiger partial charge is 0.347 e. The van der Waals surface area contributed by atoms with Gasteiger partial charge in [-0.05, 0) is 38.1 Å². The molecule has 0 bridgehead atoms. The first-order valence-corrected chi connectivity index (χ1v) is 7.47. The largest absolute Gasteiger partial charge is 0.438 e. The molecule has 0 saturated heterocycles. The van der Waals surface area contributed by atoms with E-state index in [1.54, 1.807) is 13.0 Å². The number of carbonyl (C=O) groups is 1. The van der Waals surface area contributed by atoms with Gasteiger partial charge in [-0.2, -0.15) is 13.2 Å². The van der Waals surface area contributed by atoms with Gasteiger partial charge in [0.1, 0.15) is 0 Å². The third-order valence-electron chi connectivity index (χ3n) is 3.51. The molecule has 0 N–H and O–H groups in total. The highest BCUT2D eigenvalue weighted by atomic mass is 19.4. The molecule has 2 aromatic rings. The van der Waals surface area contributed by atoms with Gasteiger partial charge < -0.3 is 14.0 Å². The van der Waals surface area contributed by atoms with Gasteiger partial charge in [-0.1, -0.05) is 5.16 Å². The van der Waals surface area contributed by atoms with E-state index in [1.165, 1.54) is 10.6 Å². The Kier molecular flexibility index (Phi) is 5.16. The summed E-state index contributed by atoms with van der Waals surface area (Å²) in [7, 11) is 0. The molecule has 130 valence electrons. The molecule has 5 nitrogen and oxygen atoms in total. The Morgan fingerprint density at radius 3 is 2.42 bits per heavy atom. The van der Waals surface area contributed by atoms with E-state index in [2.05, 4.69) is 9.99 Å². The maximum Gasteiger partial charge on any atom is 0.438 e. The standard InChI is InChI=1S/C16H18F3N3O2/c1-4-21-10-6-7-12(21)13-8-9-14(22(13)5-2)15(16(17,18)19)20-24-11(3)23/h6-10H,4-5H2,1-3H3/b20-15-. The lowest BCUT2D eigenvalue weighted by molar-refractivity contribution is -0.141. The number of aromatic nitrogens is 2. The molecule has 2 heterocycles. The highest BCUT2D eigenvalue weighted by Crippen LogP contribution is 2.29. The van der Waals surface area contributed by atoms with E-state index < -0.39 is 17.9 Å². The van der Waals surface area contributed by atoms with Crippen LogP contribution in [0.3, 0.4) is 0 Å². The minimum Gasteiger partial charge on any atom is -0.347 e. The highest BCUT2D eigenvalue weighted by molar-refractivity contribution is 6.04. The minimum atomic E-state index is -4.75. The number of rotatable bonds is 5. The third kappa shape index (κ3) is 3.52. The van der Waals surface area contributed by atoms with Crippen LogP contribution in [0.5, 0.6) is 0 Å². The number of hydrogen-bond acceptors (Lipinski definition) is 3. The topological polar surface area (TPSA) is 48.5 Å². The number of alkyl halides is 3. The molecular formula is C16H18F3N3O2. The monoisotopic (exact) mass is 341 g/mol. The molecule has 0 aliphatic heterocycles. The number of hydrogen-bond donors (Lipinski definition) is 0. The molecular weight excluding hydrogens is 323 g/mol. The summed E-state index contributed by atoms with van der Waals surface area (Å²) >= 11 is 0. The van der Waals surface area contributed by atoms with E-state index in [-0.39, 0.29) is 5.69 Å². The van der Waals surface area contributed by atoms with Crippen molar-refractivity contribution in [3.05, 3.63) is 36.2 Å². The van der Waals surface area contributed by atoms with Crippen molar-refractivity contribution < 1.29 is 22.8 Å². The van der Waals surface area contributed by atoms with Gasteiger partial charge in [0, 0.05) is 26.2 Å². The SMILES string of the molecule is CCn1cccc1-c1ccc(/C(=N/OC(C)=O)C(F)(F)F)n1CC. The van der Waals surface area contributed by atoms with Crippen molar-refractivity contribution in [1.82, 2.24) is 9.13 Å². The van der Waals surface area contributed by atoms with Gasteiger partial charge in [0.15, 0.2) is 0 Å². The zero-order valence-corrected chi connectivity index (χ0v) is 13.6. The molecule has 8 heteroatoms. The zero-order valence-electron chi connectivity index (χ0n) is 13.6. The van der Waals surface area contributed by atoms with Crippen LogP contribution in [0, 0.1) is 0 Å². The fraction of sp³-hybridized carbons (Fsp3) is 0.375. The predicted octanol–water partition coefficient (Wildman–Crippen LogP) is 3.83. The van der Waals surface area contributed by atoms with Crippen LogP contribution < -0.4 is 0 Å². The van der Waals surface area contributed by atoms with Crippen molar-refractivity contribution >= 4 is 11.7 Å². The number of oxime groups is 1. The average Bonchev–Trinajstić information content (AvgIpc) is 3.10. The van der Waals surface area contributed by atoms with Gasteiger partial charge in [-0.25, -0.2) is 4.79 Å².